The molecule has 14 heteroatoms. The molecule has 0 atom stereocenters. The Labute approximate surface area is 281 Å². The van der Waals surface area contributed by atoms with Crippen LogP contribution in [-0.4, -0.2) is 87.8 Å². The van der Waals surface area contributed by atoms with Crippen LogP contribution in [-0.2, 0) is 13.6 Å². The van der Waals surface area contributed by atoms with Gasteiger partial charge in [0.25, 0.3) is 0 Å². The normalized spacial score (nSPS) is 16.0. The number of hydrogen-bond acceptors (Lipinski definition) is 13. The maximum atomic E-state index is 12.5. The largest absolute Gasteiger partial charge is 0.697 e. The summed E-state index contributed by atoms with van der Waals surface area (Å²) in [5, 5.41) is 1.89. The number of ether oxygens (including phenoxy) is 4. The average molecular weight is 680 g/mol. The number of rotatable bonds is 14. The molecule has 2 aliphatic rings. The summed E-state index contributed by atoms with van der Waals surface area (Å²) in [6.45, 7) is 4.36. The summed E-state index contributed by atoms with van der Waals surface area (Å²) in [4.78, 5) is 22.6. The third-order valence-corrected chi connectivity index (χ3v) is 10.3. The molecule has 0 spiro atoms. The van der Waals surface area contributed by atoms with E-state index in [9.17, 15) is 4.57 Å². The minimum Gasteiger partial charge on any atom is -0.493 e. The lowest BCUT2D eigenvalue weighted by molar-refractivity contribution is 0.193. The summed E-state index contributed by atoms with van der Waals surface area (Å²) < 4.78 is 45.5. The average Bonchev–Trinajstić information content (AvgIpc) is 3.13. The second-order valence-corrected chi connectivity index (χ2v) is 13.1. The minimum absolute atomic E-state index is 0.426. The van der Waals surface area contributed by atoms with Crippen LogP contribution < -0.4 is 28.7 Å². The van der Waals surface area contributed by atoms with Crippen LogP contribution in [0.3, 0.4) is 0 Å². The molecule has 48 heavy (non-hydrogen) atoms. The van der Waals surface area contributed by atoms with Crippen LogP contribution in [0.5, 0.6) is 23.0 Å². The second kappa shape index (κ2) is 15.9. The SMILES string of the molecule is COc1cc2ncnc(N3CCC(CCO[P+](=O)OCCC4CCN(c5ncnc6cc(OC)c(OC)cc56)CC4)CC3)c2cc1OC. The van der Waals surface area contributed by atoms with Crippen LogP contribution in [0.25, 0.3) is 21.8 Å². The topological polar surface area (TPSA) is 130 Å². The van der Waals surface area contributed by atoms with Crippen LogP contribution in [0, 0.1) is 11.8 Å². The summed E-state index contributed by atoms with van der Waals surface area (Å²) in [6.07, 6.45) is 8.92. The maximum Gasteiger partial charge on any atom is 0.697 e. The zero-order chi connectivity index (χ0) is 33.5. The predicted molar refractivity (Wildman–Crippen MR) is 184 cm³/mol. The molecule has 0 N–H and O–H groups in total. The Balaban J connectivity index is 0.897. The number of piperidine rings is 2. The smallest absolute Gasteiger partial charge is 0.493 e. The monoisotopic (exact) mass is 679 g/mol. The van der Waals surface area contributed by atoms with Gasteiger partial charge in [-0.1, -0.05) is 0 Å². The molecule has 0 amide bonds. The predicted octanol–water partition coefficient (Wildman–Crippen LogP) is 6.21. The van der Waals surface area contributed by atoms with Crippen molar-refractivity contribution in [3.63, 3.8) is 0 Å². The van der Waals surface area contributed by atoms with E-state index in [0.29, 0.717) is 48.0 Å². The van der Waals surface area contributed by atoms with E-state index in [2.05, 4.69) is 29.7 Å². The van der Waals surface area contributed by atoms with Crippen molar-refractivity contribution in [3.8, 4) is 23.0 Å². The standard InChI is InChI=1S/C34H44N6O7P/c1-42-29-17-25-27(19-31(29)44-3)35-21-37-33(25)39-11-5-23(6-12-39)9-15-46-48(41)47-16-10-24-7-13-40(14-8-24)34-26-18-30(43-2)32(45-4)20-28(26)36-22-38-34/h17-24H,5-16H2,1-4H3/q+1. The molecule has 6 rings (SSSR count). The van der Waals surface area contributed by atoms with E-state index in [1.54, 1.807) is 41.1 Å². The molecule has 2 aliphatic heterocycles. The first-order chi connectivity index (χ1) is 23.5. The Hall–Kier alpha value is -4.06. The van der Waals surface area contributed by atoms with Crippen molar-refractivity contribution < 1.29 is 32.6 Å². The molecule has 2 fully saturated rings. The lowest BCUT2D eigenvalue weighted by atomic mass is 9.94. The van der Waals surface area contributed by atoms with Gasteiger partial charge in [-0.15, -0.1) is 9.05 Å². The molecule has 0 bridgehead atoms. The second-order valence-electron chi connectivity index (χ2n) is 12.2. The van der Waals surface area contributed by atoms with Crippen molar-refractivity contribution >= 4 is 41.7 Å². The first kappa shape index (κ1) is 33.8. The van der Waals surface area contributed by atoms with Gasteiger partial charge in [-0.3, -0.25) is 0 Å². The molecular weight excluding hydrogens is 635 g/mol. The molecule has 2 aromatic heterocycles. The molecule has 0 unspecified atom stereocenters. The highest BCUT2D eigenvalue weighted by molar-refractivity contribution is 7.33. The molecular formula is C34H44N6O7P+. The van der Waals surface area contributed by atoms with Crippen LogP contribution in [0.4, 0.5) is 11.6 Å². The van der Waals surface area contributed by atoms with E-state index >= 15 is 0 Å². The highest BCUT2D eigenvalue weighted by atomic mass is 31.1. The van der Waals surface area contributed by atoms with Crippen LogP contribution in [0.2, 0.25) is 0 Å². The van der Waals surface area contributed by atoms with Gasteiger partial charge in [0.2, 0.25) is 0 Å². The van der Waals surface area contributed by atoms with Gasteiger partial charge in [0, 0.05) is 53.6 Å². The minimum atomic E-state index is -2.13. The van der Waals surface area contributed by atoms with Gasteiger partial charge in [-0.25, -0.2) is 19.9 Å². The van der Waals surface area contributed by atoms with Crippen molar-refractivity contribution in [3.05, 3.63) is 36.9 Å². The quantitative estimate of drug-likeness (QED) is 0.140. The highest BCUT2D eigenvalue weighted by Gasteiger charge is 2.27. The van der Waals surface area contributed by atoms with E-state index in [-0.39, 0.29) is 0 Å². The molecule has 13 nitrogen and oxygen atoms in total. The molecule has 256 valence electrons. The van der Waals surface area contributed by atoms with Crippen LogP contribution >= 0.6 is 8.25 Å². The number of anilines is 2. The number of aromatic nitrogens is 4. The Kier molecular flexibility index (Phi) is 11.2. The molecule has 0 radical (unpaired) electrons. The van der Waals surface area contributed by atoms with Crippen molar-refractivity contribution in [2.45, 2.75) is 38.5 Å². The highest BCUT2D eigenvalue weighted by Crippen LogP contribution is 2.38. The van der Waals surface area contributed by atoms with Crippen LogP contribution in [0.1, 0.15) is 38.5 Å². The van der Waals surface area contributed by atoms with Crippen molar-refractivity contribution in [2.24, 2.45) is 11.8 Å². The zero-order valence-corrected chi connectivity index (χ0v) is 29.0. The van der Waals surface area contributed by atoms with Gasteiger partial charge in [0.1, 0.15) is 37.5 Å². The molecule has 0 saturated carbocycles. The first-order valence-corrected chi connectivity index (χ1v) is 17.6. The molecule has 2 saturated heterocycles. The van der Waals surface area contributed by atoms with Gasteiger partial charge in [-0.2, -0.15) is 0 Å². The zero-order valence-electron chi connectivity index (χ0n) is 28.1. The summed E-state index contributed by atoms with van der Waals surface area (Å²) in [6, 6.07) is 7.66. The van der Waals surface area contributed by atoms with Gasteiger partial charge < -0.3 is 28.7 Å². The lowest BCUT2D eigenvalue weighted by Crippen LogP contribution is -2.34. The van der Waals surface area contributed by atoms with Gasteiger partial charge in [-0.05, 0) is 62.5 Å². The van der Waals surface area contributed by atoms with E-state index < -0.39 is 8.25 Å². The van der Waals surface area contributed by atoms with Gasteiger partial charge >= 0.3 is 8.25 Å². The van der Waals surface area contributed by atoms with E-state index in [4.69, 9.17) is 28.0 Å². The third-order valence-electron chi connectivity index (χ3n) is 9.51. The maximum absolute atomic E-state index is 12.5. The van der Waals surface area contributed by atoms with Crippen molar-refractivity contribution in [2.75, 3.05) is 77.6 Å². The fourth-order valence-electron chi connectivity index (χ4n) is 6.73. The van der Waals surface area contributed by atoms with Gasteiger partial charge in [0.15, 0.2) is 23.0 Å². The summed E-state index contributed by atoms with van der Waals surface area (Å²) in [5.74, 6) is 5.41. The number of nitrogens with zero attached hydrogens (tertiary/aromatic N) is 6. The van der Waals surface area contributed by atoms with Crippen molar-refractivity contribution in [1.29, 1.82) is 0 Å². The van der Waals surface area contributed by atoms with E-state index in [1.165, 1.54) is 0 Å². The molecule has 4 aromatic rings. The van der Waals surface area contributed by atoms with Crippen molar-refractivity contribution in [1.82, 2.24) is 19.9 Å². The fraction of sp³-hybridized carbons (Fsp3) is 0.529. The number of fused-ring (bicyclic) bond motifs is 2. The fourth-order valence-corrected chi connectivity index (χ4v) is 7.32. The number of methoxy groups -OCH3 is 4. The summed E-state index contributed by atoms with van der Waals surface area (Å²) in [7, 11) is 4.37. The Morgan fingerprint density at radius 3 is 1.35 bits per heavy atom. The molecule has 4 heterocycles. The number of hydrogen-bond donors (Lipinski definition) is 0. The first-order valence-electron chi connectivity index (χ1n) is 16.5. The Bertz CT molecular complexity index is 1590. The van der Waals surface area contributed by atoms with Crippen LogP contribution in [0.15, 0.2) is 36.9 Å². The molecule has 0 aliphatic carbocycles. The summed E-state index contributed by atoms with van der Waals surface area (Å²) >= 11 is 0. The van der Waals surface area contributed by atoms with Gasteiger partial charge in [0.05, 0.1) is 39.5 Å². The lowest BCUT2D eigenvalue weighted by Gasteiger charge is -2.33. The van der Waals surface area contributed by atoms with E-state index in [0.717, 1.165) is 98.1 Å². The van der Waals surface area contributed by atoms with E-state index in [1.807, 2.05) is 24.3 Å². The molecule has 2 aromatic carbocycles. The number of benzene rings is 2. The Morgan fingerprint density at radius 2 is 0.979 bits per heavy atom. The third kappa shape index (κ3) is 7.64. The Morgan fingerprint density at radius 1 is 0.604 bits per heavy atom. The summed E-state index contributed by atoms with van der Waals surface area (Å²) in [5.41, 5.74) is 1.64.